The molecule has 5 rings (SSSR count). The van der Waals surface area contributed by atoms with Crippen molar-refractivity contribution in [2.75, 3.05) is 7.05 Å². The maximum atomic E-state index is 12.2. The first-order valence-electron chi connectivity index (χ1n) is 7.51. The zero-order chi connectivity index (χ0) is 13.0. The fourth-order valence-electron chi connectivity index (χ4n) is 5.43. The van der Waals surface area contributed by atoms with Crippen molar-refractivity contribution in [2.45, 2.75) is 50.6 Å². The molecule has 4 bridgehead atoms. The normalized spacial score (nSPS) is 39.9. The van der Waals surface area contributed by atoms with Gasteiger partial charge in [0.2, 0.25) is 0 Å². The van der Waals surface area contributed by atoms with Crippen LogP contribution in [0.1, 0.15) is 44.3 Å². The first-order chi connectivity index (χ1) is 9.20. The summed E-state index contributed by atoms with van der Waals surface area (Å²) in [6, 6.07) is 0. The zero-order valence-electron chi connectivity index (χ0n) is 11.5. The molecule has 0 aliphatic heterocycles. The molecular formula is C14H22N4O. The minimum Gasteiger partial charge on any atom is -0.313 e. The molecular weight excluding hydrogens is 240 g/mol. The monoisotopic (exact) mass is 262 g/mol. The Balaban J connectivity index is 1.79. The van der Waals surface area contributed by atoms with E-state index in [9.17, 15) is 4.79 Å². The van der Waals surface area contributed by atoms with Gasteiger partial charge in [0.15, 0.2) is 0 Å². The first kappa shape index (κ1) is 11.7. The molecule has 0 spiro atoms. The van der Waals surface area contributed by atoms with Crippen LogP contribution in [0.5, 0.6) is 0 Å². The third-order valence-electron chi connectivity index (χ3n) is 5.56. The van der Waals surface area contributed by atoms with Crippen molar-refractivity contribution >= 4 is 0 Å². The Bertz CT molecular complexity index is 509. The van der Waals surface area contributed by atoms with Gasteiger partial charge in [-0.05, 0) is 63.3 Å². The van der Waals surface area contributed by atoms with Gasteiger partial charge in [0.1, 0.15) is 5.82 Å². The summed E-state index contributed by atoms with van der Waals surface area (Å²) in [5.41, 5.74) is 0.0672. The molecule has 0 radical (unpaired) electrons. The lowest BCUT2D eigenvalue weighted by Gasteiger charge is -2.57. The Hall–Kier alpha value is -1.10. The number of aromatic nitrogens is 3. The van der Waals surface area contributed by atoms with Crippen LogP contribution in [0.4, 0.5) is 0 Å². The third kappa shape index (κ3) is 1.64. The fraction of sp³-hybridized carbons (Fsp3) is 0.857. The lowest BCUT2D eigenvalue weighted by Crippen LogP contribution is -2.54. The third-order valence-corrected chi connectivity index (χ3v) is 5.56. The molecule has 0 aromatic carbocycles. The summed E-state index contributed by atoms with van der Waals surface area (Å²) < 4.78 is 2.01. The summed E-state index contributed by atoms with van der Waals surface area (Å²) in [4.78, 5) is 12.2. The van der Waals surface area contributed by atoms with Gasteiger partial charge in [-0.15, -0.1) is 0 Å². The van der Waals surface area contributed by atoms with E-state index >= 15 is 0 Å². The summed E-state index contributed by atoms with van der Waals surface area (Å²) in [7, 11) is 1.91. The van der Waals surface area contributed by atoms with E-state index < -0.39 is 0 Å². The van der Waals surface area contributed by atoms with Gasteiger partial charge >= 0.3 is 5.69 Å². The lowest BCUT2D eigenvalue weighted by molar-refractivity contribution is -0.0462. The minimum absolute atomic E-state index is 0.00722. The van der Waals surface area contributed by atoms with E-state index in [4.69, 9.17) is 0 Å². The van der Waals surface area contributed by atoms with Crippen molar-refractivity contribution in [3.05, 3.63) is 16.3 Å². The summed E-state index contributed by atoms with van der Waals surface area (Å²) in [6.45, 7) is 0.667. The van der Waals surface area contributed by atoms with E-state index in [1.807, 2.05) is 11.6 Å². The minimum atomic E-state index is -0.00722. The second-order valence-corrected chi connectivity index (χ2v) is 6.95. The van der Waals surface area contributed by atoms with E-state index in [0.29, 0.717) is 6.54 Å². The van der Waals surface area contributed by atoms with Gasteiger partial charge in [0.25, 0.3) is 0 Å². The standard InChI is InChI=1S/C14H22N4O/c1-15-8-12-16-17-13(19)18(12)14-5-9-2-10(6-14)4-11(3-9)7-14/h9-11,15H,2-8H2,1H3,(H,17,19). The van der Waals surface area contributed by atoms with Crippen LogP contribution in [0.3, 0.4) is 0 Å². The highest BCUT2D eigenvalue weighted by atomic mass is 16.1. The maximum Gasteiger partial charge on any atom is 0.343 e. The topological polar surface area (TPSA) is 62.7 Å². The van der Waals surface area contributed by atoms with Crippen molar-refractivity contribution in [1.82, 2.24) is 20.1 Å². The van der Waals surface area contributed by atoms with Crippen LogP contribution in [0.25, 0.3) is 0 Å². The molecule has 0 unspecified atom stereocenters. The summed E-state index contributed by atoms with van der Waals surface area (Å²) in [5.74, 6) is 3.41. The van der Waals surface area contributed by atoms with E-state index in [0.717, 1.165) is 23.6 Å². The molecule has 4 aliphatic rings. The highest BCUT2D eigenvalue weighted by molar-refractivity contribution is 5.08. The Kier molecular flexibility index (Phi) is 2.43. The second kappa shape index (κ2) is 3.95. The number of aromatic amines is 1. The molecule has 19 heavy (non-hydrogen) atoms. The average molecular weight is 262 g/mol. The van der Waals surface area contributed by atoms with E-state index in [1.165, 1.54) is 38.5 Å². The van der Waals surface area contributed by atoms with Crippen LogP contribution in [0.2, 0.25) is 0 Å². The van der Waals surface area contributed by atoms with E-state index in [2.05, 4.69) is 15.5 Å². The van der Waals surface area contributed by atoms with Crippen molar-refractivity contribution in [1.29, 1.82) is 0 Å². The number of rotatable bonds is 3. The molecule has 2 N–H and O–H groups in total. The Labute approximate surface area is 112 Å². The number of hydrogen-bond acceptors (Lipinski definition) is 3. The number of H-pyrrole nitrogens is 1. The predicted molar refractivity (Wildman–Crippen MR) is 71.8 cm³/mol. The smallest absolute Gasteiger partial charge is 0.313 e. The maximum absolute atomic E-state index is 12.2. The van der Waals surface area contributed by atoms with Gasteiger partial charge in [0.05, 0.1) is 12.1 Å². The van der Waals surface area contributed by atoms with Crippen LogP contribution in [0.15, 0.2) is 4.79 Å². The Morgan fingerprint density at radius 2 is 1.84 bits per heavy atom. The van der Waals surface area contributed by atoms with Crippen molar-refractivity contribution in [3.63, 3.8) is 0 Å². The van der Waals surface area contributed by atoms with Gasteiger partial charge in [-0.25, -0.2) is 9.89 Å². The van der Waals surface area contributed by atoms with Crippen LogP contribution in [0, 0.1) is 17.8 Å². The van der Waals surface area contributed by atoms with Crippen molar-refractivity contribution in [3.8, 4) is 0 Å². The van der Waals surface area contributed by atoms with Gasteiger partial charge in [0, 0.05) is 0 Å². The Morgan fingerprint density at radius 3 is 2.37 bits per heavy atom. The quantitative estimate of drug-likeness (QED) is 0.861. The highest BCUT2D eigenvalue weighted by Gasteiger charge is 2.53. The van der Waals surface area contributed by atoms with Gasteiger partial charge < -0.3 is 5.32 Å². The molecule has 0 atom stereocenters. The molecule has 1 aromatic heterocycles. The first-order valence-corrected chi connectivity index (χ1v) is 7.51. The van der Waals surface area contributed by atoms with Crippen LogP contribution in [-0.4, -0.2) is 21.8 Å². The zero-order valence-corrected chi connectivity index (χ0v) is 11.5. The van der Waals surface area contributed by atoms with E-state index in [1.54, 1.807) is 0 Å². The highest BCUT2D eigenvalue weighted by Crippen LogP contribution is 2.58. The van der Waals surface area contributed by atoms with E-state index in [-0.39, 0.29) is 11.2 Å². The largest absolute Gasteiger partial charge is 0.343 e. The SMILES string of the molecule is CNCc1n[nH]c(=O)n1C12CC3CC(CC(C3)C1)C2. The molecule has 4 saturated carbocycles. The van der Waals surface area contributed by atoms with Gasteiger partial charge in [-0.3, -0.25) is 4.57 Å². The summed E-state index contributed by atoms with van der Waals surface area (Å²) in [5, 5.41) is 10.0. The van der Waals surface area contributed by atoms with Gasteiger partial charge in [-0.2, -0.15) is 5.10 Å². The molecule has 4 fully saturated rings. The summed E-state index contributed by atoms with van der Waals surface area (Å²) in [6.07, 6.45) is 7.76. The molecule has 5 heteroatoms. The molecule has 4 aliphatic carbocycles. The molecule has 0 saturated heterocycles. The lowest BCUT2D eigenvalue weighted by atomic mass is 9.53. The molecule has 1 heterocycles. The summed E-state index contributed by atoms with van der Waals surface area (Å²) >= 11 is 0. The average Bonchev–Trinajstić information content (AvgIpc) is 2.70. The van der Waals surface area contributed by atoms with Crippen LogP contribution < -0.4 is 11.0 Å². The number of nitrogens with zero attached hydrogens (tertiary/aromatic N) is 2. The molecule has 104 valence electrons. The number of nitrogens with one attached hydrogen (secondary N) is 2. The predicted octanol–water partition coefficient (Wildman–Crippen LogP) is 1.22. The van der Waals surface area contributed by atoms with Gasteiger partial charge in [-0.1, -0.05) is 0 Å². The Morgan fingerprint density at radius 1 is 1.26 bits per heavy atom. The molecule has 1 aromatic rings. The van der Waals surface area contributed by atoms with Crippen LogP contribution >= 0.6 is 0 Å². The van der Waals surface area contributed by atoms with Crippen molar-refractivity contribution < 1.29 is 0 Å². The fourth-order valence-corrected chi connectivity index (χ4v) is 5.43. The van der Waals surface area contributed by atoms with Crippen molar-refractivity contribution in [2.24, 2.45) is 17.8 Å². The molecule has 0 amide bonds. The second-order valence-electron chi connectivity index (χ2n) is 6.95. The van der Waals surface area contributed by atoms with Crippen LogP contribution in [-0.2, 0) is 12.1 Å². The molecule has 5 nitrogen and oxygen atoms in total. The number of hydrogen-bond donors (Lipinski definition) is 2.